The van der Waals surface area contributed by atoms with Crippen LogP contribution < -0.4 is 5.32 Å². The lowest BCUT2D eigenvalue weighted by Crippen LogP contribution is -2.63. The van der Waals surface area contributed by atoms with E-state index < -0.39 is 47.1 Å². The summed E-state index contributed by atoms with van der Waals surface area (Å²) in [6, 6.07) is 9.52. The number of epoxide rings is 1. The monoisotopic (exact) mass is 523 g/mol. The molecule has 8 heteroatoms. The van der Waals surface area contributed by atoms with Gasteiger partial charge in [-0.2, -0.15) is 0 Å². The number of benzene rings is 1. The van der Waals surface area contributed by atoms with Gasteiger partial charge in [0.15, 0.2) is 5.78 Å². The minimum Gasteiger partial charge on any atom is -0.458 e. The molecule has 2 heterocycles. The van der Waals surface area contributed by atoms with E-state index in [1.807, 2.05) is 44.2 Å². The average molecular weight is 524 g/mol. The molecule has 2 aliphatic heterocycles. The van der Waals surface area contributed by atoms with Gasteiger partial charge in [-0.3, -0.25) is 19.2 Å². The Balaban J connectivity index is 1.70. The van der Waals surface area contributed by atoms with Crippen molar-refractivity contribution in [3.63, 3.8) is 0 Å². The highest BCUT2D eigenvalue weighted by molar-refractivity contribution is 5.98. The van der Waals surface area contributed by atoms with Gasteiger partial charge in [-0.15, -0.1) is 0 Å². The smallest absolute Gasteiger partial charge is 0.303 e. The number of Topliss-reactive ketones (excluding diaryl/α,β-unsaturated/α-hetero) is 2. The standard InChI is InChI=1S/C30H37NO7/c1-15-10-9-13-20-23(33)17(3)16(2)22-21(14-19-11-7-6-8-12-19)31-28(35)30(20,22)27(37-18(4)32)24-26(38-24)29(5,36)25(15)34/h6-9,11-13,15-17,20-22,24,26-27,36H,10,14H2,1-5H3,(H,31,35)/b13-9-/t15-,16+,17+,20-,21-,22-,24+,26-,27+,29-,30-/m0/s1. The molecule has 1 aromatic rings. The van der Waals surface area contributed by atoms with Crippen LogP contribution in [0.1, 0.15) is 46.6 Å². The maximum Gasteiger partial charge on any atom is 0.303 e. The van der Waals surface area contributed by atoms with Crippen LogP contribution in [0.3, 0.4) is 0 Å². The summed E-state index contributed by atoms with van der Waals surface area (Å²) >= 11 is 0. The molecule has 3 fully saturated rings. The highest BCUT2D eigenvalue weighted by atomic mass is 16.6. The molecule has 1 spiro atoms. The Morgan fingerprint density at radius 3 is 2.50 bits per heavy atom. The molecule has 38 heavy (non-hydrogen) atoms. The Kier molecular flexibility index (Phi) is 6.63. The van der Waals surface area contributed by atoms with Crippen molar-refractivity contribution in [1.29, 1.82) is 0 Å². The van der Waals surface area contributed by atoms with Crippen LogP contribution in [0, 0.1) is 35.0 Å². The molecule has 11 atom stereocenters. The fraction of sp³-hybridized carbons (Fsp3) is 0.600. The van der Waals surface area contributed by atoms with Gasteiger partial charge < -0.3 is 19.9 Å². The first kappa shape index (κ1) is 26.8. The van der Waals surface area contributed by atoms with E-state index in [1.54, 1.807) is 19.1 Å². The minimum atomic E-state index is -1.83. The number of carbonyl (C=O) groups is 4. The number of hydrogen-bond acceptors (Lipinski definition) is 7. The quantitative estimate of drug-likeness (QED) is 0.354. The van der Waals surface area contributed by atoms with Crippen molar-refractivity contribution in [2.45, 2.75) is 77.4 Å². The molecule has 2 aliphatic carbocycles. The summed E-state index contributed by atoms with van der Waals surface area (Å²) < 4.78 is 11.8. The number of nitrogens with one attached hydrogen (secondary N) is 1. The predicted octanol–water partition coefficient (Wildman–Crippen LogP) is 2.42. The second kappa shape index (κ2) is 9.42. The van der Waals surface area contributed by atoms with Gasteiger partial charge >= 0.3 is 5.97 Å². The molecule has 1 aromatic carbocycles. The van der Waals surface area contributed by atoms with Gasteiger partial charge in [0.2, 0.25) is 5.91 Å². The SMILES string of the molecule is CC(=O)O[C@@H]1[C@@H]2O[C@@H]2[C@@](C)(O)C(=O)[C@@H](C)C/C=C\[C@H]2C(=O)[C@H](C)[C@@H](C)[C@H]3[C@H](Cc4ccccc4)NC(=O)[C@@]312. The van der Waals surface area contributed by atoms with Crippen LogP contribution in [0.2, 0.25) is 0 Å². The number of fused-ring (bicyclic) bond motifs is 1. The predicted molar refractivity (Wildman–Crippen MR) is 138 cm³/mol. The molecule has 1 amide bonds. The Labute approximate surface area is 223 Å². The summed E-state index contributed by atoms with van der Waals surface area (Å²) in [6.07, 6.45) is 1.34. The van der Waals surface area contributed by atoms with E-state index in [2.05, 4.69) is 5.32 Å². The second-order valence-electron chi connectivity index (χ2n) is 11.9. The van der Waals surface area contributed by atoms with E-state index in [4.69, 9.17) is 9.47 Å². The molecule has 0 unspecified atom stereocenters. The maximum absolute atomic E-state index is 14.3. The fourth-order valence-electron chi connectivity index (χ4n) is 7.49. The van der Waals surface area contributed by atoms with Crippen LogP contribution >= 0.6 is 0 Å². The van der Waals surface area contributed by atoms with Crippen molar-refractivity contribution in [3.8, 4) is 0 Å². The zero-order chi connectivity index (χ0) is 27.6. The zero-order valence-corrected chi connectivity index (χ0v) is 22.5. The molecule has 0 aromatic heterocycles. The van der Waals surface area contributed by atoms with E-state index in [9.17, 15) is 24.3 Å². The highest BCUT2D eigenvalue weighted by Crippen LogP contribution is 2.60. The lowest BCUT2D eigenvalue weighted by atomic mass is 9.50. The summed E-state index contributed by atoms with van der Waals surface area (Å²) in [6.45, 7) is 8.28. The number of hydrogen-bond donors (Lipinski definition) is 2. The molecule has 8 nitrogen and oxygen atoms in total. The number of ether oxygens (including phenoxy) is 2. The van der Waals surface area contributed by atoms with Gasteiger partial charge in [0.25, 0.3) is 0 Å². The Morgan fingerprint density at radius 2 is 1.84 bits per heavy atom. The number of esters is 1. The number of rotatable bonds is 3. The van der Waals surface area contributed by atoms with E-state index >= 15 is 0 Å². The summed E-state index contributed by atoms with van der Waals surface area (Å²) in [5, 5.41) is 14.5. The third-order valence-corrected chi connectivity index (χ3v) is 9.52. The number of amides is 1. The van der Waals surface area contributed by atoms with Crippen LogP contribution in [0.5, 0.6) is 0 Å². The Morgan fingerprint density at radius 1 is 1.16 bits per heavy atom. The lowest BCUT2D eigenvalue weighted by molar-refractivity contribution is -0.178. The molecule has 4 aliphatic rings. The van der Waals surface area contributed by atoms with Crippen molar-refractivity contribution in [3.05, 3.63) is 48.0 Å². The average Bonchev–Trinajstić information content (AvgIpc) is 3.62. The topological polar surface area (TPSA) is 122 Å². The first-order valence-corrected chi connectivity index (χ1v) is 13.6. The van der Waals surface area contributed by atoms with Gasteiger partial charge in [0.1, 0.15) is 35.1 Å². The molecule has 0 radical (unpaired) electrons. The summed E-state index contributed by atoms with van der Waals surface area (Å²) in [4.78, 5) is 53.9. The first-order chi connectivity index (χ1) is 17.9. The first-order valence-electron chi connectivity index (χ1n) is 13.6. The number of allylic oxidation sites excluding steroid dienone is 2. The van der Waals surface area contributed by atoms with Crippen LogP contribution in [-0.2, 0) is 35.1 Å². The Bertz CT molecular complexity index is 1180. The van der Waals surface area contributed by atoms with E-state index in [0.717, 1.165) is 5.56 Å². The largest absolute Gasteiger partial charge is 0.458 e. The normalized spacial score (nSPS) is 45.1. The molecule has 5 rings (SSSR count). The summed E-state index contributed by atoms with van der Waals surface area (Å²) in [7, 11) is 0. The van der Waals surface area contributed by atoms with Gasteiger partial charge in [0, 0.05) is 30.7 Å². The van der Waals surface area contributed by atoms with Crippen molar-refractivity contribution < 1.29 is 33.8 Å². The zero-order valence-electron chi connectivity index (χ0n) is 22.5. The van der Waals surface area contributed by atoms with E-state index in [1.165, 1.54) is 13.8 Å². The summed E-state index contributed by atoms with van der Waals surface area (Å²) in [5.74, 6) is -3.78. The van der Waals surface area contributed by atoms with Crippen molar-refractivity contribution in [1.82, 2.24) is 5.32 Å². The summed E-state index contributed by atoms with van der Waals surface area (Å²) in [5.41, 5.74) is -2.24. The van der Waals surface area contributed by atoms with Crippen LogP contribution in [-0.4, -0.2) is 58.5 Å². The number of carbonyl (C=O) groups excluding carboxylic acids is 4. The third kappa shape index (κ3) is 3.95. The van der Waals surface area contributed by atoms with Gasteiger partial charge in [0.05, 0.1) is 5.92 Å². The third-order valence-electron chi connectivity index (χ3n) is 9.52. The number of aliphatic hydroxyl groups is 1. The molecule has 1 saturated carbocycles. The number of ketones is 2. The van der Waals surface area contributed by atoms with E-state index in [-0.39, 0.29) is 41.3 Å². The molecular formula is C30H37NO7. The molecule has 204 valence electrons. The second-order valence-corrected chi connectivity index (χ2v) is 11.9. The molecule has 0 bridgehead atoms. The van der Waals surface area contributed by atoms with Crippen LogP contribution in [0.4, 0.5) is 0 Å². The molecule has 2 saturated heterocycles. The van der Waals surface area contributed by atoms with Crippen molar-refractivity contribution in [2.24, 2.45) is 35.0 Å². The van der Waals surface area contributed by atoms with E-state index in [0.29, 0.717) is 12.8 Å². The lowest BCUT2D eigenvalue weighted by Gasteiger charge is -2.51. The minimum absolute atomic E-state index is 0.0974. The fourth-order valence-corrected chi connectivity index (χ4v) is 7.49. The van der Waals surface area contributed by atoms with Gasteiger partial charge in [-0.1, -0.05) is 63.3 Å². The van der Waals surface area contributed by atoms with Crippen molar-refractivity contribution >= 4 is 23.4 Å². The van der Waals surface area contributed by atoms with Gasteiger partial charge in [-0.25, -0.2) is 0 Å². The maximum atomic E-state index is 14.3. The van der Waals surface area contributed by atoms with Crippen molar-refractivity contribution in [2.75, 3.05) is 0 Å². The Hall–Kier alpha value is -2.84. The van der Waals surface area contributed by atoms with Gasteiger partial charge in [-0.05, 0) is 31.2 Å². The highest BCUT2D eigenvalue weighted by Gasteiger charge is 2.75. The molecule has 2 N–H and O–H groups in total. The molecular weight excluding hydrogens is 486 g/mol. The van der Waals surface area contributed by atoms with Crippen LogP contribution in [0.25, 0.3) is 0 Å². The van der Waals surface area contributed by atoms with Crippen LogP contribution in [0.15, 0.2) is 42.5 Å².